The van der Waals surface area contributed by atoms with Gasteiger partial charge in [-0.2, -0.15) is 0 Å². The molecule has 10 aromatic carbocycles. The maximum atomic E-state index is 6.42. The van der Waals surface area contributed by atoms with Crippen molar-refractivity contribution in [1.82, 2.24) is 0 Å². The Kier molecular flexibility index (Phi) is 6.46. The van der Waals surface area contributed by atoms with Crippen molar-refractivity contribution in [2.75, 3.05) is 0 Å². The Labute approximate surface area is 325 Å². The summed E-state index contributed by atoms with van der Waals surface area (Å²) in [6, 6.07) is 67.3. The van der Waals surface area contributed by atoms with Gasteiger partial charge in [-0.1, -0.05) is 153 Å². The van der Waals surface area contributed by atoms with Crippen molar-refractivity contribution in [3.05, 3.63) is 193 Å². The SMILES string of the molecule is CC1(C)c2ccc(-c3cccc(-c4c5ccccc5c(-c5ccc6oc7ccc8ccccc8c7c6c5)c5ccccc45)c3)cc2-c2cc3ccccc3cc21. The molecule has 0 radical (unpaired) electrons. The lowest BCUT2D eigenvalue weighted by Crippen LogP contribution is -2.14. The topological polar surface area (TPSA) is 13.1 Å². The Morgan fingerprint density at radius 3 is 1.59 bits per heavy atom. The van der Waals surface area contributed by atoms with E-state index in [1.165, 1.54) is 104 Å². The number of furan rings is 1. The van der Waals surface area contributed by atoms with Crippen molar-refractivity contribution in [1.29, 1.82) is 0 Å². The molecule has 1 aromatic heterocycles. The van der Waals surface area contributed by atoms with Gasteiger partial charge in [0.25, 0.3) is 0 Å². The first-order chi connectivity index (χ1) is 27.5. The molecule has 0 spiro atoms. The fourth-order valence-corrected chi connectivity index (χ4v) is 9.92. The summed E-state index contributed by atoms with van der Waals surface area (Å²) in [4.78, 5) is 0. The van der Waals surface area contributed by atoms with E-state index in [0.29, 0.717) is 0 Å². The van der Waals surface area contributed by atoms with Gasteiger partial charge in [-0.3, -0.25) is 0 Å². The van der Waals surface area contributed by atoms with E-state index in [9.17, 15) is 0 Å². The summed E-state index contributed by atoms with van der Waals surface area (Å²) in [5, 5.41) is 12.3. The summed E-state index contributed by atoms with van der Waals surface area (Å²) in [6.07, 6.45) is 0. The first kappa shape index (κ1) is 31.4. The minimum absolute atomic E-state index is 0.0579. The number of hydrogen-bond acceptors (Lipinski definition) is 1. The van der Waals surface area contributed by atoms with E-state index >= 15 is 0 Å². The Morgan fingerprint density at radius 1 is 0.339 bits per heavy atom. The van der Waals surface area contributed by atoms with E-state index in [2.05, 4.69) is 196 Å². The molecule has 12 rings (SSSR count). The van der Waals surface area contributed by atoms with Gasteiger partial charge in [0.1, 0.15) is 11.2 Å². The van der Waals surface area contributed by atoms with Gasteiger partial charge >= 0.3 is 0 Å². The van der Waals surface area contributed by atoms with Gasteiger partial charge < -0.3 is 4.42 Å². The number of benzene rings is 10. The highest BCUT2D eigenvalue weighted by Gasteiger charge is 2.36. The number of hydrogen-bond donors (Lipinski definition) is 0. The highest BCUT2D eigenvalue weighted by atomic mass is 16.3. The molecule has 1 aliphatic carbocycles. The van der Waals surface area contributed by atoms with Crippen LogP contribution in [-0.4, -0.2) is 0 Å². The van der Waals surface area contributed by atoms with Crippen molar-refractivity contribution in [2.45, 2.75) is 19.3 Å². The van der Waals surface area contributed by atoms with Crippen LogP contribution in [0.3, 0.4) is 0 Å². The van der Waals surface area contributed by atoms with Crippen LogP contribution in [0.1, 0.15) is 25.0 Å². The van der Waals surface area contributed by atoms with Gasteiger partial charge in [-0.25, -0.2) is 0 Å². The highest BCUT2D eigenvalue weighted by molar-refractivity contribution is 6.24. The molecule has 11 aromatic rings. The molecule has 0 amide bonds. The summed E-state index contributed by atoms with van der Waals surface area (Å²) in [7, 11) is 0. The summed E-state index contributed by atoms with van der Waals surface area (Å²) in [6.45, 7) is 4.73. The molecule has 1 aliphatic rings. The average Bonchev–Trinajstić information content (AvgIpc) is 3.73. The Hall–Kier alpha value is -6.96. The second-order valence-corrected chi connectivity index (χ2v) is 16.0. The van der Waals surface area contributed by atoms with Crippen LogP contribution in [0.5, 0.6) is 0 Å². The zero-order chi connectivity index (χ0) is 37.1. The third kappa shape index (κ3) is 4.43. The lowest BCUT2D eigenvalue weighted by atomic mass is 9.81. The van der Waals surface area contributed by atoms with Crippen LogP contribution in [0, 0.1) is 0 Å². The van der Waals surface area contributed by atoms with Crippen molar-refractivity contribution in [2.24, 2.45) is 0 Å². The largest absolute Gasteiger partial charge is 0.456 e. The van der Waals surface area contributed by atoms with Gasteiger partial charge in [-0.05, 0) is 141 Å². The normalized spacial score (nSPS) is 13.3. The maximum absolute atomic E-state index is 6.42. The lowest BCUT2D eigenvalue weighted by Gasteiger charge is -2.22. The van der Waals surface area contributed by atoms with E-state index in [-0.39, 0.29) is 5.41 Å². The van der Waals surface area contributed by atoms with Crippen molar-refractivity contribution in [3.63, 3.8) is 0 Å². The Balaban J connectivity index is 1.05. The first-order valence-electron chi connectivity index (χ1n) is 19.6. The fourth-order valence-electron chi connectivity index (χ4n) is 9.92. The smallest absolute Gasteiger partial charge is 0.136 e. The van der Waals surface area contributed by atoms with Crippen molar-refractivity contribution < 1.29 is 4.42 Å². The van der Waals surface area contributed by atoms with Crippen LogP contribution in [0.2, 0.25) is 0 Å². The molecular formula is C55H36O. The van der Waals surface area contributed by atoms with Crippen molar-refractivity contribution >= 4 is 65.0 Å². The van der Waals surface area contributed by atoms with Crippen LogP contribution in [0.4, 0.5) is 0 Å². The van der Waals surface area contributed by atoms with Crippen LogP contribution < -0.4 is 0 Å². The zero-order valence-corrected chi connectivity index (χ0v) is 31.2. The molecule has 0 saturated carbocycles. The predicted molar refractivity (Wildman–Crippen MR) is 238 cm³/mol. The molecule has 0 bridgehead atoms. The molecule has 56 heavy (non-hydrogen) atoms. The van der Waals surface area contributed by atoms with Gasteiger partial charge in [0.05, 0.1) is 0 Å². The van der Waals surface area contributed by atoms with E-state index < -0.39 is 0 Å². The second-order valence-electron chi connectivity index (χ2n) is 16.0. The van der Waals surface area contributed by atoms with E-state index in [4.69, 9.17) is 4.42 Å². The van der Waals surface area contributed by atoms with Crippen LogP contribution >= 0.6 is 0 Å². The summed E-state index contributed by atoms with van der Waals surface area (Å²) in [5.74, 6) is 0. The molecule has 0 aliphatic heterocycles. The summed E-state index contributed by atoms with van der Waals surface area (Å²) in [5.41, 5.74) is 14.7. The molecule has 0 fully saturated rings. The Bertz CT molecular complexity index is 3390. The minimum atomic E-state index is -0.0579. The molecule has 1 heteroatoms. The van der Waals surface area contributed by atoms with Crippen LogP contribution in [0.25, 0.3) is 110 Å². The van der Waals surface area contributed by atoms with Crippen LogP contribution in [-0.2, 0) is 5.41 Å². The highest BCUT2D eigenvalue weighted by Crippen LogP contribution is 2.51. The average molecular weight is 713 g/mol. The van der Waals surface area contributed by atoms with Gasteiger partial charge in [-0.15, -0.1) is 0 Å². The molecular weight excluding hydrogens is 677 g/mol. The monoisotopic (exact) mass is 712 g/mol. The third-order valence-corrected chi connectivity index (χ3v) is 12.6. The Morgan fingerprint density at radius 2 is 0.875 bits per heavy atom. The van der Waals surface area contributed by atoms with Gasteiger partial charge in [0.15, 0.2) is 0 Å². The molecule has 0 unspecified atom stereocenters. The zero-order valence-electron chi connectivity index (χ0n) is 31.2. The molecule has 0 saturated heterocycles. The standard InChI is InChI=1S/C55H36O/c1-55(2)48-25-22-37(30-45(48)46-29-35-13-3-4-14-36(35)32-49(46)55)34-15-11-16-38(28-34)52-41-18-7-9-20-43(41)53(44-21-10-8-19-42(44)52)39-24-26-50-47(31-39)54-40-17-6-5-12-33(40)23-27-51(54)56-50/h3-32H,1-2H3. The summed E-state index contributed by atoms with van der Waals surface area (Å²) >= 11 is 0. The molecule has 262 valence electrons. The molecule has 1 nitrogen and oxygen atoms in total. The predicted octanol–water partition coefficient (Wildman–Crippen LogP) is 15.5. The lowest BCUT2D eigenvalue weighted by molar-refractivity contribution is 0.661. The number of fused-ring (bicyclic) bond motifs is 11. The van der Waals surface area contributed by atoms with Gasteiger partial charge in [0.2, 0.25) is 0 Å². The van der Waals surface area contributed by atoms with E-state index in [1.54, 1.807) is 0 Å². The molecule has 1 heterocycles. The quantitative estimate of drug-likeness (QED) is 0.166. The fraction of sp³-hybridized carbons (Fsp3) is 0.0545. The van der Waals surface area contributed by atoms with E-state index in [0.717, 1.165) is 16.6 Å². The minimum Gasteiger partial charge on any atom is -0.456 e. The maximum Gasteiger partial charge on any atom is 0.136 e. The second kappa shape index (κ2) is 11.5. The van der Waals surface area contributed by atoms with Crippen LogP contribution in [0.15, 0.2) is 186 Å². The third-order valence-electron chi connectivity index (χ3n) is 12.6. The molecule has 0 N–H and O–H groups in total. The number of rotatable bonds is 3. The van der Waals surface area contributed by atoms with E-state index in [1.807, 2.05) is 0 Å². The first-order valence-corrected chi connectivity index (χ1v) is 19.6. The molecule has 0 atom stereocenters. The summed E-state index contributed by atoms with van der Waals surface area (Å²) < 4.78 is 6.42. The van der Waals surface area contributed by atoms with Gasteiger partial charge in [0, 0.05) is 16.2 Å². The van der Waals surface area contributed by atoms with Crippen molar-refractivity contribution in [3.8, 4) is 44.5 Å².